The monoisotopic (exact) mass is 489 g/mol. The van der Waals surface area contributed by atoms with Crippen molar-refractivity contribution in [3.8, 4) is 11.5 Å². The summed E-state index contributed by atoms with van der Waals surface area (Å²) in [5.74, 6) is -0.559. The van der Waals surface area contributed by atoms with E-state index in [1.54, 1.807) is 32.0 Å². The zero-order valence-electron chi connectivity index (χ0n) is 18.7. The van der Waals surface area contributed by atoms with E-state index in [9.17, 15) is 18.0 Å². The predicted molar refractivity (Wildman–Crippen MR) is 120 cm³/mol. The number of nitrogens with one attached hydrogen (secondary N) is 1. The molecular weight excluding hydrogens is 466 g/mol. The third kappa shape index (κ3) is 5.91. The molecule has 2 aromatic carbocycles. The lowest BCUT2D eigenvalue weighted by molar-refractivity contribution is -0.119. The van der Waals surface area contributed by atoms with Gasteiger partial charge in [0.25, 0.3) is 5.91 Å². The number of nitrogens with zero attached hydrogens (tertiary/aromatic N) is 1. The number of methoxy groups -OCH3 is 1. The topological polar surface area (TPSA) is 160 Å². The molecular formula is C22H23N3O8S. The number of carbonyl (C=O) groups excluding carboxylic acids is 2. The van der Waals surface area contributed by atoms with Crippen LogP contribution < -0.4 is 19.9 Å². The smallest absolute Gasteiger partial charge is 0.342 e. The van der Waals surface area contributed by atoms with Gasteiger partial charge in [-0.15, -0.1) is 0 Å². The summed E-state index contributed by atoms with van der Waals surface area (Å²) in [5.41, 5.74) is 1.70. The summed E-state index contributed by atoms with van der Waals surface area (Å²) in [6.45, 7) is 3.05. The average Bonchev–Trinajstić information content (AvgIpc) is 3.12. The SMILES string of the molecule is COc1ccc(NC(=O)COC(=O)c2ccccc2OCc2c(C)noc2C)cc1S(N)(=O)=O. The van der Waals surface area contributed by atoms with E-state index in [1.807, 2.05) is 0 Å². The van der Waals surface area contributed by atoms with E-state index in [-0.39, 0.29) is 34.3 Å². The number of sulfonamides is 1. The van der Waals surface area contributed by atoms with Crippen LogP contribution in [0, 0.1) is 13.8 Å². The number of ether oxygens (including phenoxy) is 3. The Bertz CT molecular complexity index is 1300. The van der Waals surface area contributed by atoms with Crippen LogP contribution in [-0.2, 0) is 26.2 Å². The maximum atomic E-state index is 12.6. The van der Waals surface area contributed by atoms with Crippen LogP contribution in [-0.4, -0.2) is 39.2 Å². The van der Waals surface area contributed by atoms with Crippen molar-refractivity contribution >= 4 is 27.6 Å². The first kappa shape index (κ1) is 24.7. The van der Waals surface area contributed by atoms with Crippen molar-refractivity contribution in [2.45, 2.75) is 25.3 Å². The van der Waals surface area contributed by atoms with Crippen molar-refractivity contribution in [3.05, 3.63) is 65.0 Å². The van der Waals surface area contributed by atoms with E-state index < -0.39 is 28.5 Å². The van der Waals surface area contributed by atoms with Gasteiger partial charge in [-0.25, -0.2) is 18.4 Å². The van der Waals surface area contributed by atoms with Crippen LogP contribution in [0.4, 0.5) is 5.69 Å². The van der Waals surface area contributed by atoms with Crippen LogP contribution in [0.3, 0.4) is 0 Å². The quantitative estimate of drug-likeness (QED) is 0.430. The minimum absolute atomic E-state index is 0.0279. The highest BCUT2D eigenvalue weighted by atomic mass is 32.2. The molecule has 0 saturated carbocycles. The van der Waals surface area contributed by atoms with Gasteiger partial charge in [-0.3, -0.25) is 4.79 Å². The molecule has 1 aromatic heterocycles. The van der Waals surface area contributed by atoms with E-state index in [2.05, 4.69) is 10.5 Å². The largest absolute Gasteiger partial charge is 0.495 e. The Morgan fingerprint density at radius 3 is 2.50 bits per heavy atom. The maximum Gasteiger partial charge on any atom is 0.342 e. The minimum atomic E-state index is -4.08. The van der Waals surface area contributed by atoms with Crippen LogP contribution in [0.2, 0.25) is 0 Å². The van der Waals surface area contributed by atoms with Gasteiger partial charge in [-0.1, -0.05) is 17.3 Å². The van der Waals surface area contributed by atoms with E-state index in [4.69, 9.17) is 23.9 Å². The number of hydrogen-bond acceptors (Lipinski definition) is 9. The molecule has 0 radical (unpaired) electrons. The molecule has 0 unspecified atom stereocenters. The van der Waals surface area contributed by atoms with Gasteiger partial charge in [0.05, 0.1) is 18.4 Å². The molecule has 12 heteroatoms. The third-order valence-electron chi connectivity index (χ3n) is 4.75. The normalized spacial score (nSPS) is 11.1. The van der Waals surface area contributed by atoms with Crippen LogP contribution in [0.1, 0.15) is 27.4 Å². The van der Waals surface area contributed by atoms with E-state index in [0.29, 0.717) is 11.5 Å². The number of primary sulfonamides is 1. The van der Waals surface area contributed by atoms with Gasteiger partial charge < -0.3 is 24.1 Å². The molecule has 3 N–H and O–H groups in total. The van der Waals surface area contributed by atoms with Crippen LogP contribution >= 0.6 is 0 Å². The molecule has 0 saturated heterocycles. The lowest BCUT2D eigenvalue weighted by Crippen LogP contribution is -2.21. The molecule has 0 spiro atoms. The van der Waals surface area contributed by atoms with Gasteiger partial charge >= 0.3 is 5.97 Å². The van der Waals surface area contributed by atoms with Gasteiger partial charge in [-0.05, 0) is 44.2 Å². The zero-order valence-corrected chi connectivity index (χ0v) is 19.5. The summed E-state index contributed by atoms with van der Waals surface area (Å²) in [4.78, 5) is 24.5. The Morgan fingerprint density at radius 1 is 1.12 bits per heavy atom. The number of nitrogens with two attached hydrogens (primary N) is 1. The molecule has 0 aliphatic heterocycles. The first-order chi connectivity index (χ1) is 16.1. The third-order valence-corrected chi connectivity index (χ3v) is 5.68. The van der Waals surface area contributed by atoms with Gasteiger partial charge in [-0.2, -0.15) is 0 Å². The van der Waals surface area contributed by atoms with Crippen molar-refractivity contribution < 1.29 is 36.7 Å². The molecule has 1 amide bonds. The number of amides is 1. The number of rotatable bonds is 9. The zero-order chi connectivity index (χ0) is 24.9. The fourth-order valence-electron chi connectivity index (χ4n) is 3.00. The summed E-state index contributed by atoms with van der Waals surface area (Å²) in [7, 11) is -2.79. The molecule has 0 atom stereocenters. The Hall–Kier alpha value is -3.90. The average molecular weight is 490 g/mol. The van der Waals surface area contributed by atoms with E-state index >= 15 is 0 Å². The Morgan fingerprint density at radius 2 is 1.85 bits per heavy atom. The Labute approximate surface area is 195 Å². The molecule has 0 aliphatic rings. The van der Waals surface area contributed by atoms with Crippen LogP contribution in [0.25, 0.3) is 0 Å². The summed E-state index contributed by atoms with van der Waals surface area (Å²) >= 11 is 0. The maximum absolute atomic E-state index is 12.6. The molecule has 180 valence electrons. The second-order valence-electron chi connectivity index (χ2n) is 7.12. The molecule has 34 heavy (non-hydrogen) atoms. The van der Waals surface area contributed by atoms with Gasteiger partial charge in [0.2, 0.25) is 10.0 Å². The first-order valence-corrected chi connectivity index (χ1v) is 11.5. The summed E-state index contributed by atoms with van der Waals surface area (Å²) in [6, 6.07) is 10.3. The lowest BCUT2D eigenvalue weighted by Gasteiger charge is -2.12. The number of anilines is 1. The van der Waals surface area contributed by atoms with Gasteiger partial charge in [0, 0.05) is 5.69 Å². The van der Waals surface area contributed by atoms with Gasteiger partial charge in [0.15, 0.2) is 6.61 Å². The summed E-state index contributed by atoms with van der Waals surface area (Å²) in [5, 5.41) is 11.5. The number of aromatic nitrogens is 1. The molecule has 0 aliphatic carbocycles. The summed E-state index contributed by atoms with van der Waals surface area (Å²) in [6.07, 6.45) is 0. The van der Waals surface area contributed by atoms with Crippen molar-refractivity contribution in [2.75, 3.05) is 19.0 Å². The standard InChI is InChI=1S/C22H23N3O8S/c1-13-17(14(2)33-25-13)11-31-18-7-5-4-6-16(18)22(27)32-12-21(26)24-15-8-9-19(30-3)20(10-15)34(23,28)29/h4-10H,11-12H2,1-3H3,(H,24,26)(H2,23,28,29). The van der Waals surface area contributed by atoms with E-state index in [1.165, 1.54) is 25.3 Å². The highest BCUT2D eigenvalue weighted by Gasteiger charge is 2.19. The Kier molecular flexibility index (Phi) is 7.54. The highest BCUT2D eigenvalue weighted by Crippen LogP contribution is 2.26. The predicted octanol–water partition coefficient (Wildman–Crippen LogP) is 2.32. The van der Waals surface area contributed by atoms with Crippen molar-refractivity contribution in [1.29, 1.82) is 0 Å². The number of para-hydroxylation sites is 1. The summed E-state index contributed by atoms with van der Waals surface area (Å²) < 4.78 is 44.3. The number of carbonyl (C=O) groups is 2. The number of benzene rings is 2. The van der Waals surface area contributed by atoms with Crippen molar-refractivity contribution in [2.24, 2.45) is 5.14 Å². The highest BCUT2D eigenvalue weighted by molar-refractivity contribution is 7.89. The van der Waals surface area contributed by atoms with Crippen LogP contribution in [0.15, 0.2) is 51.9 Å². The molecule has 0 bridgehead atoms. The molecule has 0 fully saturated rings. The minimum Gasteiger partial charge on any atom is -0.495 e. The molecule has 3 rings (SSSR count). The number of aryl methyl sites for hydroxylation is 2. The Balaban J connectivity index is 1.63. The van der Waals surface area contributed by atoms with Gasteiger partial charge in [0.1, 0.15) is 34.3 Å². The van der Waals surface area contributed by atoms with Crippen molar-refractivity contribution in [3.63, 3.8) is 0 Å². The fourth-order valence-corrected chi connectivity index (χ4v) is 3.72. The molecule has 3 aromatic rings. The number of hydrogen-bond donors (Lipinski definition) is 2. The van der Waals surface area contributed by atoms with E-state index in [0.717, 1.165) is 11.6 Å². The lowest BCUT2D eigenvalue weighted by atomic mass is 10.2. The molecule has 11 nitrogen and oxygen atoms in total. The molecule has 1 heterocycles. The second kappa shape index (κ2) is 10.4. The second-order valence-corrected chi connectivity index (χ2v) is 8.65. The van der Waals surface area contributed by atoms with Crippen LogP contribution in [0.5, 0.6) is 11.5 Å². The fraction of sp³-hybridized carbons (Fsp3) is 0.227. The number of esters is 1. The first-order valence-electron chi connectivity index (χ1n) is 9.91. The van der Waals surface area contributed by atoms with Crippen molar-refractivity contribution in [1.82, 2.24) is 5.16 Å².